The number of rotatable bonds is 7. The van der Waals surface area contributed by atoms with Gasteiger partial charge in [-0.25, -0.2) is 9.59 Å². The van der Waals surface area contributed by atoms with E-state index in [1.165, 1.54) is 11.1 Å². The van der Waals surface area contributed by atoms with E-state index in [2.05, 4.69) is 23.5 Å². The fraction of sp³-hybridized carbons (Fsp3) is 0.162. The molecule has 4 aromatic rings. The Morgan fingerprint density at radius 2 is 1.31 bits per heavy atom. The van der Waals surface area contributed by atoms with Gasteiger partial charge in [0.1, 0.15) is 35.1 Å². The second-order valence-corrected chi connectivity index (χ2v) is 11.5. The maximum Gasteiger partial charge on any atom is 0.328 e. The number of hydrogen-bond donors (Lipinski definition) is 3. The first kappa shape index (κ1) is 36.2. The van der Waals surface area contributed by atoms with Gasteiger partial charge in [-0.1, -0.05) is 47.5 Å². The van der Waals surface area contributed by atoms with E-state index < -0.39 is 11.9 Å². The molecule has 0 saturated heterocycles. The van der Waals surface area contributed by atoms with Crippen molar-refractivity contribution in [3.8, 4) is 35.1 Å². The lowest BCUT2D eigenvalue weighted by atomic mass is 10.1. The van der Waals surface area contributed by atoms with Crippen LogP contribution in [0.3, 0.4) is 0 Å². The van der Waals surface area contributed by atoms with E-state index in [0.29, 0.717) is 75.0 Å². The summed E-state index contributed by atoms with van der Waals surface area (Å²) in [7, 11) is 1.97. The van der Waals surface area contributed by atoms with Crippen LogP contribution in [0.1, 0.15) is 57.1 Å². The fourth-order valence-corrected chi connectivity index (χ4v) is 5.62. The van der Waals surface area contributed by atoms with E-state index in [-0.39, 0.29) is 5.78 Å². The van der Waals surface area contributed by atoms with Crippen molar-refractivity contribution in [3.63, 3.8) is 0 Å². The molecule has 0 spiro atoms. The zero-order chi connectivity index (χ0) is 35.5. The molecule has 0 amide bonds. The number of hydrogen-bond acceptors (Lipinski definition) is 8. The first-order valence-corrected chi connectivity index (χ1v) is 15.6. The van der Waals surface area contributed by atoms with Crippen LogP contribution in [0.5, 0.6) is 23.0 Å². The second-order valence-electron chi connectivity index (χ2n) is 10.6. The molecule has 2 aliphatic rings. The molecular weight excluding hydrogens is 669 g/mol. The summed E-state index contributed by atoms with van der Waals surface area (Å²) in [6.07, 6.45) is 4.33. The lowest BCUT2D eigenvalue weighted by molar-refractivity contribution is -0.134. The van der Waals surface area contributed by atoms with Crippen LogP contribution in [0.25, 0.3) is 0 Å². The van der Waals surface area contributed by atoms with Gasteiger partial charge in [-0.05, 0) is 73.8 Å². The third-order valence-electron chi connectivity index (χ3n) is 7.55. The van der Waals surface area contributed by atoms with E-state index in [9.17, 15) is 19.6 Å². The molecule has 2 aliphatic carbocycles. The number of nitriles is 2. The van der Waals surface area contributed by atoms with Crippen molar-refractivity contribution in [1.82, 2.24) is 5.32 Å². The first-order valence-electron chi connectivity index (χ1n) is 14.9. The molecule has 0 aliphatic heterocycles. The molecule has 0 fully saturated rings. The van der Waals surface area contributed by atoms with Crippen LogP contribution in [-0.2, 0) is 22.4 Å². The molecule has 0 aromatic heterocycles. The Hall–Kier alpha value is -5.65. The Balaban J connectivity index is 0.000000182. The molecule has 0 radical (unpaired) electrons. The van der Waals surface area contributed by atoms with Gasteiger partial charge >= 0.3 is 11.9 Å². The molecule has 3 N–H and O–H groups in total. The molecule has 1 unspecified atom stereocenters. The molecule has 49 heavy (non-hydrogen) atoms. The number of halogens is 2. The second kappa shape index (κ2) is 17.0. The standard InChI is InChI=1S/C17H15ClN2O.C16H10ClNO2.C4H4O4/c1-20-15-8-7-14-13(15)3-2-4-16(14)21-17-9-12(18)6-5-11(17)10-19;17-11-5-4-10(9-18)16(8-11)20-15-3-1-2-12-13(15)6-7-14(12)19;5-3(6)1-2-4(7)8/h2-6,9,15,20H,7-8H2,1H3;1-5,8H,6-7H2;1-2H,(H,5,6)(H,7,8)/b;;2-1+. The highest BCUT2D eigenvalue weighted by Gasteiger charge is 2.25. The molecule has 1 atom stereocenters. The third-order valence-corrected chi connectivity index (χ3v) is 8.02. The quantitative estimate of drug-likeness (QED) is 0.161. The van der Waals surface area contributed by atoms with Crippen LogP contribution in [0, 0.1) is 22.7 Å². The minimum absolute atomic E-state index is 0.136. The van der Waals surface area contributed by atoms with Crippen LogP contribution >= 0.6 is 23.2 Å². The Morgan fingerprint density at radius 3 is 1.82 bits per heavy atom. The molecule has 10 nitrogen and oxygen atoms in total. The van der Waals surface area contributed by atoms with Crippen molar-refractivity contribution in [2.75, 3.05) is 7.05 Å². The maximum absolute atomic E-state index is 11.7. The minimum Gasteiger partial charge on any atom is -0.478 e. The number of carbonyl (C=O) groups excluding carboxylic acids is 1. The summed E-state index contributed by atoms with van der Waals surface area (Å²) in [5.41, 5.74) is 5.00. The van der Waals surface area contributed by atoms with Crippen molar-refractivity contribution in [2.24, 2.45) is 0 Å². The Labute approximate surface area is 292 Å². The number of nitrogens with one attached hydrogen (secondary N) is 1. The number of ketones is 1. The summed E-state index contributed by atoms with van der Waals surface area (Å²) < 4.78 is 11.8. The lowest BCUT2D eigenvalue weighted by Gasteiger charge is -2.13. The SMILES string of the molecule is CNC1CCc2c(Oc3cc(Cl)ccc3C#N)cccc21.N#Cc1ccc(Cl)cc1Oc1cccc2c1CCC2=O.O=C(O)/C=C/C(=O)O. The van der Waals surface area contributed by atoms with Gasteiger partial charge in [0.25, 0.3) is 0 Å². The summed E-state index contributed by atoms with van der Waals surface area (Å²) in [6.45, 7) is 0. The zero-order valence-corrected chi connectivity index (χ0v) is 27.6. The minimum atomic E-state index is -1.26. The Morgan fingerprint density at radius 1 is 0.776 bits per heavy atom. The fourth-order valence-electron chi connectivity index (χ4n) is 5.30. The van der Waals surface area contributed by atoms with Crippen LogP contribution in [0.15, 0.2) is 84.9 Å². The van der Waals surface area contributed by atoms with Crippen molar-refractivity contribution >= 4 is 40.9 Å². The topological polar surface area (TPSA) is 170 Å². The highest BCUT2D eigenvalue weighted by Crippen LogP contribution is 2.39. The highest BCUT2D eigenvalue weighted by atomic mass is 35.5. The van der Waals surface area contributed by atoms with Crippen molar-refractivity contribution in [2.45, 2.75) is 31.7 Å². The number of carboxylic acids is 2. The van der Waals surface area contributed by atoms with E-state index in [1.807, 2.05) is 19.2 Å². The van der Waals surface area contributed by atoms with E-state index in [0.717, 1.165) is 24.2 Å². The molecule has 6 rings (SSSR count). The number of aliphatic carboxylic acids is 2. The van der Waals surface area contributed by atoms with Gasteiger partial charge in [-0.2, -0.15) is 10.5 Å². The van der Waals surface area contributed by atoms with Gasteiger partial charge in [0.15, 0.2) is 5.78 Å². The number of benzene rings is 4. The van der Waals surface area contributed by atoms with Crippen LogP contribution in [0.4, 0.5) is 0 Å². The normalized spacial score (nSPS) is 13.8. The molecule has 4 aromatic carbocycles. The van der Waals surface area contributed by atoms with Crippen molar-refractivity contribution < 1.29 is 34.1 Å². The summed E-state index contributed by atoms with van der Waals surface area (Å²) in [5, 5.41) is 38.3. The third kappa shape index (κ3) is 9.47. The Bertz CT molecular complexity index is 2000. The molecular formula is C37H29Cl2N3O7. The number of fused-ring (bicyclic) bond motifs is 2. The molecule has 0 bridgehead atoms. The van der Waals surface area contributed by atoms with E-state index >= 15 is 0 Å². The largest absolute Gasteiger partial charge is 0.478 e. The number of nitrogens with zero attached hydrogens (tertiary/aromatic N) is 2. The van der Waals surface area contributed by atoms with Gasteiger partial charge < -0.3 is 25.0 Å². The van der Waals surface area contributed by atoms with Crippen molar-refractivity contribution in [3.05, 3.63) is 128 Å². The molecule has 248 valence electrons. The summed E-state index contributed by atoms with van der Waals surface area (Å²) in [4.78, 5) is 30.8. The van der Waals surface area contributed by atoms with Gasteiger partial charge in [0, 0.05) is 57.9 Å². The van der Waals surface area contributed by atoms with Crippen molar-refractivity contribution in [1.29, 1.82) is 10.5 Å². The lowest BCUT2D eigenvalue weighted by Crippen LogP contribution is -2.12. The zero-order valence-electron chi connectivity index (χ0n) is 26.1. The predicted molar refractivity (Wildman–Crippen MR) is 183 cm³/mol. The van der Waals surface area contributed by atoms with Gasteiger partial charge in [-0.15, -0.1) is 0 Å². The number of ether oxygens (including phenoxy) is 2. The summed E-state index contributed by atoms with van der Waals surface area (Å²) in [6, 6.07) is 26.0. The van der Waals surface area contributed by atoms with Gasteiger partial charge in [0.2, 0.25) is 0 Å². The predicted octanol–water partition coefficient (Wildman–Crippen LogP) is 8.06. The first-order chi connectivity index (χ1) is 23.5. The van der Waals surface area contributed by atoms with Gasteiger partial charge in [-0.3, -0.25) is 4.79 Å². The number of carbonyl (C=O) groups is 3. The van der Waals surface area contributed by atoms with Crippen LogP contribution in [0.2, 0.25) is 10.0 Å². The Kier molecular flexibility index (Phi) is 12.5. The van der Waals surface area contributed by atoms with E-state index in [4.69, 9.17) is 48.2 Å². The summed E-state index contributed by atoms with van der Waals surface area (Å²) >= 11 is 11.9. The van der Waals surface area contributed by atoms with Gasteiger partial charge in [0.05, 0.1) is 11.1 Å². The van der Waals surface area contributed by atoms with Crippen LogP contribution in [-0.4, -0.2) is 35.0 Å². The average Bonchev–Trinajstić information content (AvgIpc) is 3.69. The number of carboxylic acid groups (broad SMARTS) is 2. The number of Topliss-reactive ketones (excluding diaryl/α,β-unsaturated/α-hetero) is 1. The van der Waals surface area contributed by atoms with E-state index in [1.54, 1.807) is 54.6 Å². The summed E-state index contributed by atoms with van der Waals surface area (Å²) in [5.74, 6) is -0.0351. The molecule has 12 heteroatoms. The molecule has 0 heterocycles. The average molecular weight is 699 g/mol. The highest BCUT2D eigenvalue weighted by molar-refractivity contribution is 6.31. The smallest absolute Gasteiger partial charge is 0.328 e. The van der Waals surface area contributed by atoms with Crippen LogP contribution < -0.4 is 14.8 Å². The maximum atomic E-state index is 11.7. The monoisotopic (exact) mass is 697 g/mol. The molecule has 0 saturated carbocycles.